The Morgan fingerprint density at radius 2 is 1.87 bits per heavy atom. The van der Waals surface area contributed by atoms with Crippen molar-refractivity contribution in [1.29, 1.82) is 0 Å². The van der Waals surface area contributed by atoms with Crippen LogP contribution in [0.5, 0.6) is 5.75 Å². The number of methoxy groups -OCH3 is 1. The molecule has 0 spiro atoms. The number of rotatable bonds is 6. The van der Waals surface area contributed by atoms with Gasteiger partial charge in [0, 0.05) is 18.5 Å². The van der Waals surface area contributed by atoms with E-state index in [9.17, 15) is 17.2 Å². The number of benzene rings is 2. The van der Waals surface area contributed by atoms with Gasteiger partial charge in [0.2, 0.25) is 0 Å². The van der Waals surface area contributed by atoms with Gasteiger partial charge in [0.1, 0.15) is 5.82 Å². The molecular weight excluding hydrogens is 324 g/mol. The van der Waals surface area contributed by atoms with Crippen LogP contribution >= 0.6 is 0 Å². The maximum Gasteiger partial charge on any atom is 0.165 e. The third kappa shape index (κ3) is 4.92. The first kappa shape index (κ1) is 17.2. The molecule has 7 heteroatoms. The predicted molar refractivity (Wildman–Crippen MR) is 85.2 cm³/mol. The highest BCUT2D eigenvalue weighted by Gasteiger charge is 2.11. The van der Waals surface area contributed by atoms with E-state index in [1.54, 1.807) is 6.07 Å². The zero-order valence-electron chi connectivity index (χ0n) is 12.8. The summed E-state index contributed by atoms with van der Waals surface area (Å²) >= 11 is 0. The minimum Gasteiger partial charge on any atom is -0.494 e. The van der Waals surface area contributed by atoms with Crippen molar-refractivity contribution in [2.45, 2.75) is 12.3 Å². The summed E-state index contributed by atoms with van der Waals surface area (Å²) in [7, 11) is -1.92. The summed E-state index contributed by atoms with van der Waals surface area (Å²) in [6, 6.07) is 8.41. The second-order valence-electron chi connectivity index (χ2n) is 5.19. The fourth-order valence-electron chi connectivity index (χ4n) is 2.15. The molecule has 0 saturated heterocycles. The number of hydrogen-bond acceptors (Lipinski definition) is 4. The molecule has 0 bridgehead atoms. The van der Waals surface area contributed by atoms with E-state index in [4.69, 9.17) is 4.74 Å². The number of sulfone groups is 1. The minimum absolute atomic E-state index is 0.147. The number of hydrogen-bond donors (Lipinski definition) is 1. The van der Waals surface area contributed by atoms with Gasteiger partial charge in [-0.1, -0.05) is 6.07 Å². The molecule has 0 unspecified atom stereocenters. The third-order valence-electron chi connectivity index (χ3n) is 3.18. The van der Waals surface area contributed by atoms with Crippen LogP contribution in [-0.2, 0) is 22.1 Å². The first-order valence-corrected chi connectivity index (χ1v) is 8.87. The Balaban J connectivity index is 2.18. The molecular formula is C16H17F2NO3S. The van der Waals surface area contributed by atoms with Crippen LogP contribution in [0.25, 0.3) is 0 Å². The number of nitrogens with one attached hydrogen (secondary N) is 1. The lowest BCUT2D eigenvalue weighted by Crippen LogP contribution is -2.07. The Morgan fingerprint density at radius 1 is 1.13 bits per heavy atom. The fourth-order valence-corrected chi connectivity index (χ4v) is 2.96. The highest BCUT2D eigenvalue weighted by molar-refractivity contribution is 7.89. The van der Waals surface area contributed by atoms with Crippen LogP contribution in [-0.4, -0.2) is 21.8 Å². The van der Waals surface area contributed by atoms with E-state index in [2.05, 4.69) is 5.32 Å². The largest absolute Gasteiger partial charge is 0.494 e. The monoisotopic (exact) mass is 341 g/mol. The summed E-state index contributed by atoms with van der Waals surface area (Å²) in [5, 5.41) is 3.01. The van der Waals surface area contributed by atoms with E-state index in [-0.39, 0.29) is 18.0 Å². The molecule has 0 fully saturated rings. The summed E-state index contributed by atoms with van der Waals surface area (Å²) in [5.74, 6) is -1.12. The van der Waals surface area contributed by atoms with Crippen LogP contribution in [0.2, 0.25) is 0 Å². The lowest BCUT2D eigenvalue weighted by molar-refractivity contribution is 0.386. The predicted octanol–water partition coefficient (Wildman–Crippen LogP) is 3.13. The Labute approximate surface area is 134 Å². The summed E-state index contributed by atoms with van der Waals surface area (Å²) in [6.45, 7) is 0.267. The van der Waals surface area contributed by atoms with Gasteiger partial charge in [-0.15, -0.1) is 0 Å². The van der Waals surface area contributed by atoms with Crippen LogP contribution in [0, 0.1) is 11.6 Å². The Hall–Kier alpha value is -2.15. The number of anilines is 1. The molecule has 2 rings (SSSR count). The van der Waals surface area contributed by atoms with Crippen molar-refractivity contribution in [2.75, 3.05) is 18.7 Å². The molecule has 0 amide bonds. The van der Waals surface area contributed by atoms with Crippen molar-refractivity contribution in [3.05, 3.63) is 59.2 Å². The summed E-state index contributed by atoms with van der Waals surface area (Å²) in [4.78, 5) is 0. The lowest BCUT2D eigenvalue weighted by atomic mass is 10.1. The van der Waals surface area contributed by atoms with Crippen LogP contribution < -0.4 is 10.1 Å². The Morgan fingerprint density at radius 3 is 2.48 bits per heavy atom. The molecule has 0 atom stereocenters. The highest BCUT2D eigenvalue weighted by atomic mass is 32.2. The summed E-state index contributed by atoms with van der Waals surface area (Å²) < 4.78 is 54.7. The van der Waals surface area contributed by atoms with Crippen LogP contribution in [0.4, 0.5) is 14.5 Å². The van der Waals surface area contributed by atoms with Gasteiger partial charge in [-0.3, -0.25) is 0 Å². The molecule has 0 heterocycles. The summed E-state index contributed by atoms with van der Waals surface area (Å²) in [5.41, 5.74) is 1.48. The van der Waals surface area contributed by atoms with Gasteiger partial charge in [0.05, 0.1) is 12.9 Å². The van der Waals surface area contributed by atoms with Gasteiger partial charge in [-0.25, -0.2) is 17.2 Å². The smallest absolute Gasteiger partial charge is 0.165 e. The molecule has 124 valence electrons. The topological polar surface area (TPSA) is 55.4 Å². The van der Waals surface area contributed by atoms with Crippen LogP contribution in [0.3, 0.4) is 0 Å². The van der Waals surface area contributed by atoms with Gasteiger partial charge in [0.15, 0.2) is 21.4 Å². The Kier molecular flexibility index (Phi) is 5.20. The minimum atomic E-state index is -3.30. The molecule has 1 N–H and O–H groups in total. The lowest BCUT2D eigenvalue weighted by Gasteiger charge is -2.12. The zero-order valence-corrected chi connectivity index (χ0v) is 13.6. The molecule has 0 radical (unpaired) electrons. The van der Waals surface area contributed by atoms with Crippen molar-refractivity contribution < 1.29 is 21.9 Å². The number of halogens is 2. The SMILES string of the molecule is COc1ccc(CNc2ccc(F)cc2CS(C)(=O)=O)cc1F. The zero-order chi connectivity index (χ0) is 17.0. The standard InChI is InChI=1S/C16H17F2NO3S/c1-22-16-6-3-11(7-14(16)18)9-19-15-5-4-13(17)8-12(15)10-23(2,20)21/h3-8,19H,9-10H2,1-2H3. The molecule has 0 aromatic heterocycles. The van der Waals surface area contributed by atoms with Crippen molar-refractivity contribution in [3.63, 3.8) is 0 Å². The average molecular weight is 341 g/mol. The van der Waals surface area contributed by atoms with E-state index in [1.165, 1.54) is 37.4 Å². The maximum absolute atomic E-state index is 13.6. The van der Waals surface area contributed by atoms with E-state index in [0.717, 1.165) is 6.26 Å². The van der Waals surface area contributed by atoms with Crippen LogP contribution in [0.15, 0.2) is 36.4 Å². The van der Waals surface area contributed by atoms with Crippen molar-refractivity contribution in [3.8, 4) is 5.75 Å². The average Bonchev–Trinajstić information content (AvgIpc) is 2.45. The molecule has 2 aromatic rings. The maximum atomic E-state index is 13.6. The molecule has 0 aliphatic carbocycles. The van der Waals surface area contributed by atoms with Gasteiger partial charge < -0.3 is 10.1 Å². The molecule has 2 aromatic carbocycles. The molecule has 0 aliphatic rings. The van der Waals surface area contributed by atoms with Crippen molar-refractivity contribution >= 4 is 15.5 Å². The molecule has 4 nitrogen and oxygen atoms in total. The van der Waals surface area contributed by atoms with Gasteiger partial charge in [0.25, 0.3) is 0 Å². The third-order valence-corrected chi connectivity index (χ3v) is 4.02. The van der Waals surface area contributed by atoms with E-state index in [1.807, 2.05) is 0 Å². The second-order valence-corrected chi connectivity index (χ2v) is 7.33. The van der Waals surface area contributed by atoms with E-state index >= 15 is 0 Å². The van der Waals surface area contributed by atoms with Crippen molar-refractivity contribution in [2.24, 2.45) is 0 Å². The highest BCUT2D eigenvalue weighted by Crippen LogP contribution is 2.22. The number of ether oxygens (including phenoxy) is 1. The van der Waals surface area contributed by atoms with Gasteiger partial charge >= 0.3 is 0 Å². The van der Waals surface area contributed by atoms with E-state index < -0.39 is 21.5 Å². The normalized spacial score (nSPS) is 11.3. The van der Waals surface area contributed by atoms with E-state index in [0.29, 0.717) is 16.8 Å². The fraction of sp³-hybridized carbons (Fsp3) is 0.250. The quantitative estimate of drug-likeness (QED) is 0.877. The molecule has 23 heavy (non-hydrogen) atoms. The molecule has 0 saturated carbocycles. The Bertz CT molecular complexity index is 807. The van der Waals surface area contributed by atoms with Gasteiger partial charge in [-0.2, -0.15) is 0 Å². The first-order valence-electron chi connectivity index (χ1n) is 6.81. The van der Waals surface area contributed by atoms with Crippen molar-refractivity contribution in [1.82, 2.24) is 0 Å². The first-order chi connectivity index (χ1) is 10.8. The molecule has 0 aliphatic heterocycles. The second kappa shape index (κ2) is 6.95. The summed E-state index contributed by atoms with van der Waals surface area (Å²) in [6.07, 6.45) is 1.08. The van der Waals surface area contributed by atoms with Crippen LogP contribution in [0.1, 0.15) is 11.1 Å². The van der Waals surface area contributed by atoms with Gasteiger partial charge in [-0.05, 0) is 41.5 Å².